The predicted molar refractivity (Wildman–Crippen MR) is 247 cm³/mol. The zero-order valence-electron chi connectivity index (χ0n) is 32.5. The van der Waals surface area contributed by atoms with Crippen LogP contribution in [0.2, 0.25) is 0 Å². The van der Waals surface area contributed by atoms with E-state index in [1.165, 1.54) is 0 Å². The first-order valence-electron chi connectivity index (χ1n) is 20.1. The first-order valence-corrected chi connectivity index (χ1v) is 20.1. The number of rotatable bonds is 5. The number of para-hydroxylation sites is 6. The van der Waals surface area contributed by atoms with Crippen LogP contribution >= 0.6 is 0 Å². The Morgan fingerprint density at radius 3 is 1.07 bits per heavy atom. The van der Waals surface area contributed by atoms with Gasteiger partial charge in [-0.05, 0) is 60.7 Å². The largest absolute Gasteiger partial charge is 0.306 e. The molecule has 0 radical (unpaired) electrons. The Hall–Kier alpha value is -8.78. The number of hydrogen-bond acceptors (Lipinski definition) is 3. The molecule has 12 rings (SSSR count). The van der Waals surface area contributed by atoms with Crippen LogP contribution < -0.4 is 0 Å². The van der Waals surface area contributed by atoms with Crippen molar-refractivity contribution in [3.63, 3.8) is 0 Å². The number of nitrogens with zero attached hydrogens (tertiary/aromatic N) is 7. The third-order valence-electron chi connectivity index (χ3n) is 12.0. The Morgan fingerprint density at radius 1 is 0.410 bits per heavy atom. The zero-order valence-corrected chi connectivity index (χ0v) is 32.5. The highest BCUT2D eigenvalue weighted by Gasteiger charge is 2.31. The minimum atomic E-state index is 0.459. The first kappa shape index (κ1) is 34.3. The van der Waals surface area contributed by atoms with Crippen LogP contribution in [0.1, 0.15) is 5.56 Å². The van der Waals surface area contributed by atoms with E-state index in [-0.39, 0.29) is 0 Å². The van der Waals surface area contributed by atoms with E-state index < -0.39 is 0 Å². The van der Waals surface area contributed by atoms with Gasteiger partial charge >= 0.3 is 0 Å². The van der Waals surface area contributed by atoms with Gasteiger partial charge in [-0.3, -0.25) is 9.97 Å². The predicted octanol–water partition coefficient (Wildman–Crippen LogP) is 13.5. The van der Waals surface area contributed by atoms with Crippen LogP contribution in [0.5, 0.6) is 0 Å². The molecular formula is C54H31N7. The maximum absolute atomic E-state index is 9.93. The summed E-state index contributed by atoms with van der Waals surface area (Å²) in [6.07, 6.45) is 3.30. The van der Waals surface area contributed by atoms with Gasteiger partial charge in [0.25, 0.3) is 0 Å². The maximum atomic E-state index is 9.93. The van der Waals surface area contributed by atoms with E-state index in [1.54, 1.807) is 12.4 Å². The van der Waals surface area contributed by atoms with Crippen LogP contribution in [0, 0.1) is 17.9 Å². The second kappa shape index (κ2) is 13.4. The second-order valence-electron chi connectivity index (χ2n) is 15.2. The zero-order chi connectivity index (χ0) is 40.6. The fourth-order valence-corrected chi connectivity index (χ4v) is 9.42. The number of pyridine rings is 2. The fraction of sp³-hybridized carbons (Fsp3) is 0. The lowest BCUT2D eigenvalue weighted by atomic mass is 9.96. The fourth-order valence-electron chi connectivity index (χ4n) is 9.42. The van der Waals surface area contributed by atoms with Crippen molar-refractivity contribution >= 4 is 71.1 Å². The molecule has 0 aliphatic carbocycles. The minimum Gasteiger partial charge on any atom is -0.306 e. The Kier molecular flexibility index (Phi) is 7.52. The van der Waals surface area contributed by atoms with Crippen molar-refractivity contribution < 1.29 is 0 Å². The number of nitriles is 1. The summed E-state index contributed by atoms with van der Waals surface area (Å²) in [5.74, 6) is 0. The summed E-state index contributed by atoms with van der Waals surface area (Å²) in [6.45, 7) is 7.80. The summed E-state index contributed by atoms with van der Waals surface area (Å²) in [4.78, 5) is 13.8. The summed E-state index contributed by atoms with van der Waals surface area (Å²) < 4.78 is 7.22. The third kappa shape index (κ3) is 5.02. The molecule has 0 N–H and O–H groups in total. The van der Waals surface area contributed by atoms with Gasteiger partial charge in [-0.25, -0.2) is 4.85 Å². The molecule has 12 aromatic rings. The molecule has 0 unspecified atom stereocenters. The Morgan fingerprint density at radius 2 is 0.754 bits per heavy atom. The Bertz CT molecular complexity index is 3480. The van der Waals surface area contributed by atoms with Gasteiger partial charge in [0.05, 0.1) is 73.7 Å². The van der Waals surface area contributed by atoms with Gasteiger partial charge in [-0.1, -0.05) is 115 Å². The average Bonchev–Trinajstić information content (AvgIpc) is 3.97. The molecule has 282 valence electrons. The van der Waals surface area contributed by atoms with Gasteiger partial charge in [0.2, 0.25) is 5.69 Å². The van der Waals surface area contributed by atoms with Crippen molar-refractivity contribution in [3.05, 3.63) is 205 Å². The average molecular weight is 778 g/mol. The summed E-state index contributed by atoms with van der Waals surface area (Å²) >= 11 is 0. The molecule has 0 atom stereocenters. The minimum absolute atomic E-state index is 0.459. The van der Waals surface area contributed by atoms with Crippen LogP contribution in [0.15, 0.2) is 188 Å². The van der Waals surface area contributed by atoms with E-state index in [0.717, 1.165) is 93.6 Å². The molecule has 61 heavy (non-hydrogen) atoms. The van der Waals surface area contributed by atoms with Crippen molar-refractivity contribution in [1.82, 2.24) is 23.7 Å². The van der Waals surface area contributed by atoms with E-state index in [9.17, 15) is 5.26 Å². The van der Waals surface area contributed by atoms with Crippen LogP contribution in [-0.4, -0.2) is 23.7 Å². The summed E-state index contributed by atoms with van der Waals surface area (Å²) in [5, 5.41) is 16.7. The van der Waals surface area contributed by atoms with Crippen molar-refractivity contribution in [2.75, 3.05) is 0 Å². The van der Waals surface area contributed by atoms with E-state index in [4.69, 9.17) is 16.5 Å². The monoisotopic (exact) mass is 777 g/mol. The number of fused-ring (bicyclic) bond motifs is 9. The van der Waals surface area contributed by atoms with Crippen molar-refractivity contribution in [2.24, 2.45) is 0 Å². The van der Waals surface area contributed by atoms with Crippen molar-refractivity contribution in [1.29, 1.82) is 5.26 Å². The van der Waals surface area contributed by atoms with E-state index in [0.29, 0.717) is 22.6 Å². The van der Waals surface area contributed by atoms with Gasteiger partial charge in [-0.2, -0.15) is 5.26 Å². The van der Waals surface area contributed by atoms with Gasteiger partial charge in [0.15, 0.2) is 0 Å². The number of benzene rings is 7. The van der Waals surface area contributed by atoms with Gasteiger partial charge in [-0.15, -0.1) is 0 Å². The SMILES string of the molecule is [C-]#[N+]c1ccc(-c2cc(-c3ccc(C#N)cn3)c(-n3c4ccccc4c4ccccc43)c(-n3c4ccccc4c4ccccc43)c2-n2c3ccccc3c3ccccc32)nc1. The van der Waals surface area contributed by atoms with Crippen molar-refractivity contribution in [2.45, 2.75) is 0 Å². The standard InChI is InChI=1S/C54H31N7/c1-56-35-27-29-45(58-33-35)43-30-42(44-28-26-34(31-55)32-57-44)52(59-46-20-8-2-14-36(46)37-15-3-9-21-47(37)59)54(61-50-24-12-6-18-40(50)41-19-7-13-25-51(41)61)53(43)60-48-22-10-4-16-38(48)39-17-5-11-23-49(39)60/h2-30,32-33H. The van der Waals surface area contributed by atoms with E-state index in [2.05, 4.69) is 176 Å². The molecule has 5 aromatic heterocycles. The van der Waals surface area contributed by atoms with Gasteiger partial charge in [0.1, 0.15) is 6.07 Å². The van der Waals surface area contributed by atoms with Crippen LogP contribution in [0.25, 0.3) is 110 Å². The quantitative estimate of drug-likeness (QED) is 0.163. The second-order valence-corrected chi connectivity index (χ2v) is 15.2. The highest BCUT2D eigenvalue weighted by Crippen LogP contribution is 2.49. The molecule has 7 nitrogen and oxygen atoms in total. The molecule has 0 amide bonds. The first-order chi connectivity index (χ1) is 30.2. The molecule has 0 saturated carbocycles. The molecule has 0 fully saturated rings. The molecule has 0 bridgehead atoms. The van der Waals surface area contributed by atoms with Crippen LogP contribution in [-0.2, 0) is 0 Å². The lowest BCUT2D eigenvalue weighted by molar-refractivity contribution is 1.05. The van der Waals surface area contributed by atoms with E-state index >= 15 is 0 Å². The lowest BCUT2D eigenvalue weighted by Gasteiger charge is -2.27. The molecule has 0 spiro atoms. The van der Waals surface area contributed by atoms with E-state index in [1.807, 2.05) is 24.3 Å². The number of hydrogen-bond donors (Lipinski definition) is 0. The summed E-state index contributed by atoms with van der Waals surface area (Å²) in [7, 11) is 0. The van der Waals surface area contributed by atoms with Crippen LogP contribution in [0.3, 0.4) is 0 Å². The molecule has 5 heterocycles. The Labute approximate surface area is 349 Å². The molecule has 0 aliphatic heterocycles. The third-order valence-corrected chi connectivity index (χ3v) is 12.0. The molecule has 7 heteroatoms. The summed E-state index contributed by atoms with van der Waals surface area (Å²) in [5.41, 5.74) is 13.1. The molecule has 0 saturated heterocycles. The smallest absolute Gasteiger partial charge is 0.205 e. The highest BCUT2D eigenvalue weighted by molar-refractivity contribution is 6.15. The number of aromatic nitrogens is 5. The Balaban J connectivity index is 1.42. The normalized spacial score (nSPS) is 11.6. The highest BCUT2D eigenvalue weighted by atomic mass is 15.1. The topological polar surface area (TPSA) is 68.7 Å². The van der Waals surface area contributed by atoms with Crippen LogP contribution in [0.4, 0.5) is 5.69 Å². The van der Waals surface area contributed by atoms with Crippen molar-refractivity contribution in [3.8, 4) is 45.6 Å². The summed E-state index contributed by atoms with van der Waals surface area (Å²) in [6, 6.07) is 63.6. The van der Waals surface area contributed by atoms with Gasteiger partial charge in [0, 0.05) is 55.8 Å². The lowest BCUT2D eigenvalue weighted by Crippen LogP contribution is -2.13. The maximum Gasteiger partial charge on any atom is 0.205 e. The molecule has 0 aliphatic rings. The molecule has 7 aromatic carbocycles. The molecular weight excluding hydrogens is 747 g/mol. The van der Waals surface area contributed by atoms with Gasteiger partial charge < -0.3 is 13.7 Å².